The van der Waals surface area contributed by atoms with Gasteiger partial charge in [0.15, 0.2) is 0 Å². The van der Waals surface area contributed by atoms with Crippen LogP contribution in [-0.2, 0) is 0 Å². The lowest BCUT2D eigenvalue weighted by Crippen LogP contribution is -3.00. The molecule has 0 aromatic heterocycles. The van der Waals surface area contributed by atoms with E-state index in [1.54, 1.807) is 30.7 Å². The van der Waals surface area contributed by atoms with Crippen molar-refractivity contribution in [1.82, 2.24) is 0 Å². The van der Waals surface area contributed by atoms with Crippen LogP contribution < -0.4 is 17.0 Å². The molecule has 0 saturated carbocycles. The molecule has 0 aliphatic carbocycles. The lowest BCUT2D eigenvalue weighted by Gasteiger charge is -2.28. The van der Waals surface area contributed by atoms with Crippen molar-refractivity contribution in [3.05, 3.63) is 0 Å². The highest BCUT2D eigenvalue weighted by molar-refractivity contribution is 7.75. The summed E-state index contributed by atoms with van der Waals surface area (Å²) in [6.45, 7) is 10.9. The standard InChI is InChI=1S/C16H36P.C2H3N.BrH/c1-5-9-13-17(14-10-6-2,15-11-7-3)16-12-8-4;1-2-3;/h5-16H2,1-4H3;1H3;1H/q+1;;/p-1. The molecule has 128 valence electrons. The van der Waals surface area contributed by atoms with Gasteiger partial charge in [-0.2, -0.15) is 5.26 Å². The molecule has 0 aromatic rings. The van der Waals surface area contributed by atoms with Gasteiger partial charge in [-0.25, -0.2) is 0 Å². The monoisotopic (exact) mass is 379 g/mol. The third-order valence-corrected chi connectivity index (χ3v) is 9.00. The molecule has 0 aliphatic heterocycles. The second kappa shape index (κ2) is 20.4. The topological polar surface area (TPSA) is 23.8 Å². The van der Waals surface area contributed by atoms with Crippen LogP contribution in [0.3, 0.4) is 0 Å². The summed E-state index contributed by atoms with van der Waals surface area (Å²) in [5.41, 5.74) is 0. The molecule has 1 nitrogen and oxygen atoms in total. The molecule has 0 saturated heterocycles. The Balaban J connectivity index is -0.000000740. The van der Waals surface area contributed by atoms with Gasteiger partial charge in [0.2, 0.25) is 0 Å². The highest BCUT2D eigenvalue weighted by atomic mass is 79.9. The Morgan fingerprint density at radius 1 is 0.667 bits per heavy atom. The Labute approximate surface area is 146 Å². The molecule has 3 heteroatoms. The first-order valence-electron chi connectivity index (χ1n) is 8.82. The van der Waals surface area contributed by atoms with E-state index in [1.807, 2.05) is 0 Å². The quantitative estimate of drug-likeness (QED) is 0.473. The predicted molar refractivity (Wildman–Crippen MR) is 97.3 cm³/mol. The zero-order chi connectivity index (χ0) is 15.7. The summed E-state index contributed by atoms with van der Waals surface area (Å²) >= 11 is 0. The zero-order valence-electron chi connectivity index (χ0n) is 15.3. The molecule has 0 aromatic carbocycles. The van der Waals surface area contributed by atoms with Crippen molar-refractivity contribution in [2.24, 2.45) is 0 Å². The fourth-order valence-electron chi connectivity index (χ4n) is 2.64. The van der Waals surface area contributed by atoms with E-state index >= 15 is 0 Å². The van der Waals surface area contributed by atoms with Crippen LogP contribution in [0.25, 0.3) is 0 Å². The molecule has 0 N–H and O–H groups in total. The van der Waals surface area contributed by atoms with Crippen molar-refractivity contribution in [1.29, 1.82) is 5.26 Å². The van der Waals surface area contributed by atoms with E-state index < -0.39 is 7.26 Å². The first-order chi connectivity index (χ1) is 9.66. The first kappa shape index (κ1) is 26.3. The molecule has 0 unspecified atom stereocenters. The smallest absolute Gasteiger partial charge is 0.0594 e. The van der Waals surface area contributed by atoms with Gasteiger partial charge in [-0.05, 0) is 25.7 Å². The molecule has 0 heterocycles. The van der Waals surface area contributed by atoms with Crippen LogP contribution in [0.5, 0.6) is 0 Å². The summed E-state index contributed by atoms with van der Waals surface area (Å²) in [7, 11) is -0.562. The second-order valence-corrected chi connectivity index (χ2v) is 10.3. The molecule has 0 bridgehead atoms. The van der Waals surface area contributed by atoms with Gasteiger partial charge in [0, 0.05) is 14.2 Å². The first-order valence-corrected chi connectivity index (χ1v) is 11.3. The summed E-state index contributed by atoms with van der Waals surface area (Å²) < 4.78 is 0. The molecular weight excluding hydrogens is 341 g/mol. The van der Waals surface area contributed by atoms with E-state index in [9.17, 15) is 0 Å². The van der Waals surface area contributed by atoms with Gasteiger partial charge in [-0.15, -0.1) is 0 Å². The van der Waals surface area contributed by atoms with Crippen molar-refractivity contribution < 1.29 is 17.0 Å². The van der Waals surface area contributed by atoms with E-state index in [0.717, 1.165) is 0 Å². The van der Waals surface area contributed by atoms with Crippen LogP contribution in [0.15, 0.2) is 0 Å². The maximum atomic E-state index is 7.32. The Hall–Kier alpha value is 0.400. The molecular formula is C18H39BrNP. The highest BCUT2D eigenvalue weighted by Crippen LogP contribution is 2.61. The summed E-state index contributed by atoms with van der Waals surface area (Å²) in [5, 5.41) is 7.32. The summed E-state index contributed by atoms with van der Waals surface area (Å²) in [4.78, 5) is 0. The molecule has 0 amide bonds. The molecule has 0 spiro atoms. The molecule has 0 fully saturated rings. The minimum Gasteiger partial charge on any atom is -1.00 e. The van der Waals surface area contributed by atoms with Gasteiger partial charge in [-0.1, -0.05) is 53.4 Å². The Kier molecular flexibility index (Phi) is 25.6. The van der Waals surface area contributed by atoms with Crippen LogP contribution in [0.1, 0.15) is 86.0 Å². The van der Waals surface area contributed by atoms with Gasteiger partial charge in [0.05, 0.1) is 30.7 Å². The summed E-state index contributed by atoms with van der Waals surface area (Å²) in [6.07, 6.45) is 17.9. The third-order valence-electron chi connectivity index (χ3n) is 3.94. The van der Waals surface area contributed by atoms with Crippen molar-refractivity contribution in [2.45, 2.75) is 86.0 Å². The number of hydrogen-bond donors (Lipinski definition) is 0. The van der Waals surface area contributed by atoms with Crippen molar-refractivity contribution in [3.63, 3.8) is 0 Å². The minimum atomic E-state index is -0.562. The number of halogens is 1. The fourth-order valence-corrected chi connectivity index (χ4v) is 7.93. The van der Waals surface area contributed by atoms with Crippen molar-refractivity contribution >= 4 is 7.26 Å². The maximum Gasteiger partial charge on any atom is 0.0594 e. The maximum absolute atomic E-state index is 7.32. The number of unbranched alkanes of at least 4 members (excludes halogenated alkanes) is 4. The lowest BCUT2D eigenvalue weighted by atomic mass is 10.4. The number of nitriles is 1. The van der Waals surface area contributed by atoms with E-state index in [0.29, 0.717) is 0 Å². The van der Waals surface area contributed by atoms with Gasteiger partial charge >= 0.3 is 0 Å². The van der Waals surface area contributed by atoms with Crippen LogP contribution in [0.2, 0.25) is 0 Å². The van der Waals surface area contributed by atoms with Crippen LogP contribution in [0, 0.1) is 11.3 Å². The number of nitrogens with zero attached hydrogens (tertiary/aromatic N) is 1. The molecule has 0 rings (SSSR count). The third kappa shape index (κ3) is 16.6. The van der Waals surface area contributed by atoms with E-state index in [-0.39, 0.29) is 17.0 Å². The summed E-state index contributed by atoms with van der Waals surface area (Å²) in [5.74, 6) is 0. The largest absolute Gasteiger partial charge is 1.00 e. The summed E-state index contributed by atoms with van der Waals surface area (Å²) in [6, 6.07) is 1.75. The van der Waals surface area contributed by atoms with Crippen molar-refractivity contribution in [2.75, 3.05) is 24.6 Å². The van der Waals surface area contributed by atoms with Crippen LogP contribution in [0.4, 0.5) is 0 Å². The Morgan fingerprint density at radius 3 is 1.00 bits per heavy atom. The van der Waals surface area contributed by atoms with Crippen molar-refractivity contribution in [3.8, 4) is 6.07 Å². The normalized spacial score (nSPS) is 10.1. The molecule has 0 aliphatic rings. The van der Waals surface area contributed by atoms with Gasteiger partial charge in [0.25, 0.3) is 0 Å². The average molecular weight is 380 g/mol. The van der Waals surface area contributed by atoms with E-state index in [2.05, 4.69) is 27.7 Å². The Bertz CT molecular complexity index is 188. The highest BCUT2D eigenvalue weighted by Gasteiger charge is 2.34. The molecule has 0 atom stereocenters. The Morgan fingerprint density at radius 2 is 0.857 bits per heavy atom. The van der Waals surface area contributed by atoms with Gasteiger partial charge < -0.3 is 17.0 Å². The number of hydrogen-bond acceptors (Lipinski definition) is 1. The van der Waals surface area contributed by atoms with E-state index in [1.165, 1.54) is 58.3 Å². The van der Waals surface area contributed by atoms with Crippen LogP contribution >= 0.6 is 7.26 Å². The van der Waals surface area contributed by atoms with E-state index in [4.69, 9.17) is 5.26 Å². The SMILES string of the molecule is CC#N.CCCC[P+](CCCC)(CCCC)CCCC.[Br-]. The second-order valence-electron chi connectivity index (χ2n) is 5.87. The van der Waals surface area contributed by atoms with Gasteiger partial charge in [-0.3, -0.25) is 0 Å². The van der Waals surface area contributed by atoms with Gasteiger partial charge in [0.1, 0.15) is 0 Å². The average Bonchev–Trinajstić information content (AvgIpc) is 2.46. The fraction of sp³-hybridized carbons (Fsp3) is 0.944. The molecule has 21 heavy (non-hydrogen) atoms. The molecule has 0 radical (unpaired) electrons. The van der Waals surface area contributed by atoms with Crippen LogP contribution in [-0.4, -0.2) is 24.6 Å². The lowest BCUT2D eigenvalue weighted by molar-refractivity contribution is -0.00000502. The minimum absolute atomic E-state index is 0. The predicted octanol–water partition coefficient (Wildman–Crippen LogP) is 3.74. The zero-order valence-corrected chi connectivity index (χ0v) is 17.7. The number of rotatable bonds is 12.